The summed E-state index contributed by atoms with van der Waals surface area (Å²) in [6.45, 7) is 3.86. The molecule has 0 aliphatic rings. The van der Waals surface area contributed by atoms with Crippen LogP contribution in [0.2, 0.25) is 13.1 Å². The Morgan fingerprint density at radius 1 is 0.655 bits per heavy atom. The SMILES string of the molecule is C[Si](C)(O)c1ccc(-c2ccc(N(c3ccccn3)c3ccccn3)cc2)cc1. The normalized spacial score (nSPS) is 11.3. The van der Waals surface area contributed by atoms with E-state index in [0.717, 1.165) is 33.6 Å². The molecule has 29 heavy (non-hydrogen) atoms. The van der Waals surface area contributed by atoms with Gasteiger partial charge in [0.25, 0.3) is 0 Å². The lowest BCUT2D eigenvalue weighted by molar-refractivity contribution is 0.568. The third-order valence-electron chi connectivity index (χ3n) is 4.81. The Morgan fingerprint density at radius 2 is 1.14 bits per heavy atom. The van der Waals surface area contributed by atoms with E-state index in [4.69, 9.17) is 0 Å². The molecular weight excluding hydrogens is 374 g/mol. The predicted molar refractivity (Wildman–Crippen MR) is 121 cm³/mol. The first kappa shape index (κ1) is 19.1. The van der Waals surface area contributed by atoms with Gasteiger partial charge in [0.05, 0.1) is 0 Å². The summed E-state index contributed by atoms with van der Waals surface area (Å²) in [5, 5.41) is 1.04. The van der Waals surface area contributed by atoms with E-state index in [9.17, 15) is 4.80 Å². The average Bonchev–Trinajstić information content (AvgIpc) is 2.76. The molecule has 0 amide bonds. The Labute approximate surface area is 172 Å². The molecule has 144 valence electrons. The zero-order valence-corrected chi connectivity index (χ0v) is 17.5. The van der Waals surface area contributed by atoms with Gasteiger partial charge in [-0.1, -0.05) is 48.5 Å². The van der Waals surface area contributed by atoms with Crippen molar-refractivity contribution in [3.05, 3.63) is 97.3 Å². The van der Waals surface area contributed by atoms with E-state index in [-0.39, 0.29) is 0 Å². The molecule has 4 nitrogen and oxygen atoms in total. The maximum atomic E-state index is 10.3. The van der Waals surface area contributed by atoms with Crippen molar-refractivity contribution in [2.75, 3.05) is 4.90 Å². The van der Waals surface area contributed by atoms with Crippen LogP contribution in [0.1, 0.15) is 0 Å². The van der Waals surface area contributed by atoms with Gasteiger partial charge in [-0.25, -0.2) is 9.97 Å². The van der Waals surface area contributed by atoms with Crippen molar-refractivity contribution in [2.45, 2.75) is 13.1 Å². The van der Waals surface area contributed by atoms with E-state index < -0.39 is 8.32 Å². The van der Waals surface area contributed by atoms with Crippen molar-refractivity contribution in [3.63, 3.8) is 0 Å². The number of hydrogen-bond acceptors (Lipinski definition) is 4. The van der Waals surface area contributed by atoms with Gasteiger partial charge < -0.3 is 4.80 Å². The summed E-state index contributed by atoms with van der Waals surface area (Å²) in [5.41, 5.74) is 3.24. The maximum Gasteiger partial charge on any atom is 0.213 e. The summed E-state index contributed by atoms with van der Waals surface area (Å²) in [6.07, 6.45) is 3.57. The van der Waals surface area contributed by atoms with E-state index in [1.54, 1.807) is 12.4 Å². The van der Waals surface area contributed by atoms with Crippen LogP contribution in [-0.2, 0) is 0 Å². The second-order valence-corrected chi connectivity index (χ2v) is 11.1. The molecule has 0 aliphatic carbocycles. The molecule has 4 rings (SSSR count). The molecule has 2 aromatic carbocycles. The molecule has 0 saturated carbocycles. The topological polar surface area (TPSA) is 49.2 Å². The molecule has 0 fully saturated rings. The van der Waals surface area contributed by atoms with Crippen LogP contribution in [0, 0.1) is 0 Å². The van der Waals surface area contributed by atoms with Crippen LogP contribution in [0.15, 0.2) is 97.3 Å². The first-order valence-electron chi connectivity index (χ1n) is 9.58. The Balaban J connectivity index is 1.68. The van der Waals surface area contributed by atoms with Gasteiger partial charge in [0, 0.05) is 18.1 Å². The third kappa shape index (κ3) is 4.26. The van der Waals surface area contributed by atoms with Crippen molar-refractivity contribution in [1.29, 1.82) is 0 Å². The van der Waals surface area contributed by atoms with E-state index in [2.05, 4.69) is 46.4 Å². The summed E-state index contributed by atoms with van der Waals surface area (Å²) in [4.78, 5) is 21.3. The monoisotopic (exact) mass is 397 g/mol. The van der Waals surface area contributed by atoms with Crippen molar-refractivity contribution in [1.82, 2.24) is 9.97 Å². The predicted octanol–water partition coefficient (Wildman–Crippen LogP) is 5.02. The lowest BCUT2D eigenvalue weighted by atomic mass is 10.1. The molecule has 2 aromatic heterocycles. The first-order valence-corrected chi connectivity index (χ1v) is 12.5. The van der Waals surface area contributed by atoms with Crippen molar-refractivity contribution in [3.8, 4) is 11.1 Å². The van der Waals surface area contributed by atoms with E-state index >= 15 is 0 Å². The van der Waals surface area contributed by atoms with Crippen LogP contribution in [0.3, 0.4) is 0 Å². The molecule has 4 aromatic rings. The minimum atomic E-state index is -2.28. The zero-order valence-electron chi connectivity index (χ0n) is 16.5. The summed E-state index contributed by atoms with van der Waals surface area (Å²) in [6, 6.07) is 28.3. The van der Waals surface area contributed by atoms with Crippen molar-refractivity contribution in [2.24, 2.45) is 0 Å². The van der Waals surface area contributed by atoms with E-state index in [1.165, 1.54) is 0 Å². The van der Waals surface area contributed by atoms with Gasteiger partial charge in [0.2, 0.25) is 8.32 Å². The summed E-state index contributed by atoms with van der Waals surface area (Å²) in [5.74, 6) is 1.64. The Morgan fingerprint density at radius 3 is 1.55 bits per heavy atom. The standard InChI is InChI=1S/C24H23N3OSi/c1-29(2,28)22-15-11-20(12-16-22)19-9-13-21(14-10-19)27(23-7-3-5-17-25-23)24-8-4-6-18-26-24/h3-18,28H,1-2H3. The summed E-state index contributed by atoms with van der Waals surface area (Å²) in [7, 11) is -2.28. The van der Waals surface area contributed by atoms with Crippen LogP contribution in [0.25, 0.3) is 11.1 Å². The molecule has 2 heterocycles. The number of nitrogens with zero attached hydrogens (tertiary/aromatic N) is 3. The fourth-order valence-corrected chi connectivity index (χ4v) is 4.21. The number of anilines is 3. The lowest BCUT2D eigenvalue weighted by Crippen LogP contribution is -2.41. The van der Waals surface area contributed by atoms with Gasteiger partial charge in [-0.05, 0) is 65.8 Å². The highest BCUT2D eigenvalue weighted by atomic mass is 28.4. The summed E-state index contributed by atoms with van der Waals surface area (Å²) < 4.78 is 0. The fraction of sp³-hybridized carbons (Fsp3) is 0.0833. The Bertz CT molecular complexity index is 1020. The van der Waals surface area contributed by atoms with Crippen LogP contribution < -0.4 is 10.1 Å². The van der Waals surface area contributed by atoms with Crippen LogP contribution in [0.5, 0.6) is 0 Å². The number of hydrogen-bond donors (Lipinski definition) is 1. The zero-order chi connectivity index (χ0) is 20.3. The molecule has 0 aliphatic heterocycles. The lowest BCUT2D eigenvalue weighted by Gasteiger charge is -2.23. The van der Waals surface area contributed by atoms with Crippen LogP contribution >= 0.6 is 0 Å². The molecule has 0 bridgehead atoms. The minimum Gasteiger partial charge on any atom is -0.428 e. The second-order valence-electron chi connectivity index (χ2n) is 7.39. The number of benzene rings is 2. The quantitative estimate of drug-likeness (QED) is 0.481. The second kappa shape index (κ2) is 7.99. The molecule has 0 radical (unpaired) electrons. The molecule has 0 unspecified atom stereocenters. The highest BCUT2D eigenvalue weighted by Gasteiger charge is 2.19. The summed E-state index contributed by atoms with van der Waals surface area (Å²) >= 11 is 0. The van der Waals surface area contributed by atoms with E-state index in [1.807, 2.05) is 66.5 Å². The largest absolute Gasteiger partial charge is 0.428 e. The third-order valence-corrected chi connectivity index (χ3v) is 6.55. The first-order chi connectivity index (χ1) is 14.0. The molecule has 5 heteroatoms. The molecule has 0 spiro atoms. The molecule has 1 N–H and O–H groups in total. The highest BCUT2D eigenvalue weighted by Crippen LogP contribution is 2.32. The fourth-order valence-electron chi connectivity index (χ4n) is 3.23. The van der Waals surface area contributed by atoms with Crippen molar-refractivity contribution >= 4 is 30.8 Å². The Hall–Kier alpha value is -3.28. The highest BCUT2D eigenvalue weighted by molar-refractivity contribution is 6.83. The molecular formula is C24H23N3OSi. The average molecular weight is 398 g/mol. The minimum absolute atomic E-state index is 0.818. The maximum absolute atomic E-state index is 10.3. The van der Waals surface area contributed by atoms with Gasteiger partial charge in [0.1, 0.15) is 11.6 Å². The number of rotatable bonds is 5. The molecule has 0 atom stereocenters. The number of pyridine rings is 2. The van der Waals surface area contributed by atoms with Gasteiger partial charge in [-0.3, -0.25) is 4.90 Å². The van der Waals surface area contributed by atoms with Crippen molar-refractivity contribution < 1.29 is 4.80 Å². The van der Waals surface area contributed by atoms with Gasteiger partial charge >= 0.3 is 0 Å². The molecule has 0 saturated heterocycles. The van der Waals surface area contributed by atoms with Crippen LogP contribution in [-0.4, -0.2) is 23.1 Å². The van der Waals surface area contributed by atoms with Gasteiger partial charge in [-0.15, -0.1) is 0 Å². The van der Waals surface area contributed by atoms with Gasteiger partial charge in [0.15, 0.2) is 0 Å². The Kier molecular flexibility index (Phi) is 5.25. The van der Waals surface area contributed by atoms with Crippen LogP contribution in [0.4, 0.5) is 17.3 Å². The van der Waals surface area contributed by atoms with Gasteiger partial charge in [-0.2, -0.15) is 0 Å². The van der Waals surface area contributed by atoms with E-state index in [0.29, 0.717) is 0 Å². The number of aromatic nitrogens is 2. The smallest absolute Gasteiger partial charge is 0.213 e.